The molecule has 21 heavy (non-hydrogen) atoms. The Morgan fingerprint density at radius 3 is 2.43 bits per heavy atom. The molecular weight excluding hydrogens is 264 g/mol. The summed E-state index contributed by atoms with van der Waals surface area (Å²) in [4.78, 5) is 14.0. The van der Waals surface area contributed by atoms with Crippen LogP contribution in [0.15, 0.2) is 24.3 Å². The number of benzene rings is 1. The van der Waals surface area contributed by atoms with Gasteiger partial charge in [0.2, 0.25) is 5.91 Å². The van der Waals surface area contributed by atoms with E-state index in [0.29, 0.717) is 5.69 Å². The number of nitrogen functional groups attached to an aromatic ring is 1. The van der Waals surface area contributed by atoms with E-state index in [-0.39, 0.29) is 12.5 Å². The van der Waals surface area contributed by atoms with Crippen LogP contribution in [0.25, 0.3) is 0 Å². The van der Waals surface area contributed by atoms with Gasteiger partial charge >= 0.3 is 0 Å². The van der Waals surface area contributed by atoms with Crippen LogP contribution in [0.5, 0.6) is 0 Å². The largest absolute Gasteiger partial charge is 0.399 e. The molecule has 5 heteroatoms. The molecule has 2 N–H and O–H groups in total. The number of hydrogen-bond acceptors (Lipinski definition) is 3. The lowest BCUT2D eigenvalue weighted by molar-refractivity contribution is -0.119. The maximum atomic E-state index is 12.4. The van der Waals surface area contributed by atoms with E-state index in [2.05, 4.69) is 12.0 Å². The minimum absolute atomic E-state index is 0.00646. The van der Waals surface area contributed by atoms with E-state index in [1.807, 2.05) is 26.0 Å². The number of nitrogens with two attached hydrogens (primary N) is 1. The minimum Gasteiger partial charge on any atom is -0.399 e. The molecule has 0 aliphatic heterocycles. The number of carbonyl (C=O) groups is 1. The molecule has 2 aromatic rings. The van der Waals surface area contributed by atoms with Crippen molar-refractivity contribution in [2.45, 2.75) is 33.7 Å². The average Bonchev–Trinajstić information content (AvgIpc) is 2.73. The van der Waals surface area contributed by atoms with Gasteiger partial charge < -0.3 is 10.6 Å². The normalized spacial score (nSPS) is 10.7. The second-order valence-electron chi connectivity index (χ2n) is 5.20. The number of hydrogen-bond donors (Lipinski definition) is 1. The Labute approximate surface area is 125 Å². The number of anilines is 2. The first-order chi connectivity index (χ1) is 9.93. The number of rotatable bonds is 4. The van der Waals surface area contributed by atoms with Crippen molar-refractivity contribution in [3.63, 3.8) is 0 Å². The van der Waals surface area contributed by atoms with Crippen LogP contribution in [-0.2, 0) is 17.8 Å². The fourth-order valence-electron chi connectivity index (χ4n) is 2.48. The summed E-state index contributed by atoms with van der Waals surface area (Å²) in [6.45, 7) is 6.34. The highest BCUT2D eigenvalue weighted by Gasteiger charge is 2.16. The fraction of sp³-hybridized carbons (Fsp3) is 0.375. The third-order valence-electron chi connectivity index (χ3n) is 3.82. The molecule has 0 aliphatic carbocycles. The smallest absolute Gasteiger partial charge is 0.248 e. The van der Waals surface area contributed by atoms with Gasteiger partial charge in [-0.05, 0) is 50.1 Å². The number of likely N-dealkylation sites (N-methyl/N-ethyl adjacent to an activating group) is 1. The Kier molecular flexibility index (Phi) is 4.31. The van der Waals surface area contributed by atoms with Gasteiger partial charge in [-0.1, -0.05) is 6.92 Å². The molecule has 0 spiro atoms. The van der Waals surface area contributed by atoms with Crippen molar-refractivity contribution >= 4 is 17.3 Å². The Morgan fingerprint density at radius 2 is 1.90 bits per heavy atom. The third kappa shape index (κ3) is 3.07. The van der Waals surface area contributed by atoms with E-state index in [4.69, 9.17) is 5.73 Å². The summed E-state index contributed by atoms with van der Waals surface area (Å²) >= 11 is 0. The summed E-state index contributed by atoms with van der Waals surface area (Å²) in [6, 6.07) is 7.26. The van der Waals surface area contributed by atoms with E-state index in [0.717, 1.165) is 23.5 Å². The summed E-state index contributed by atoms with van der Waals surface area (Å²) < 4.78 is 1.78. The first kappa shape index (κ1) is 15.1. The molecule has 1 aromatic carbocycles. The number of aryl methyl sites for hydroxylation is 1. The van der Waals surface area contributed by atoms with Gasteiger partial charge in [-0.2, -0.15) is 5.10 Å². The molecule has 5 nitrogen and oxygen atoms in total. The highest BCUT2D eigenvalue weighted by molar-refractivity contribution is 5.92. The SMILES string of the molecule is CCc1c(C)nn(CC(=O)N(C)c2ccc(N)cc2)c1C. The maximum Gasteiger partial charge on any atom is 0.248 e. The standard InChI is InChI=1S/C16H22N4O/c1-5-15-11(2)18-20(12(15)3)10-16(21)19(4)14-8-6-13(17)7-9-14/h6-9H,5,10,17H2,1-4H3. The molecular formula is C16H22N4O. The van der Waals surface area contributed by atoms with Gasteiger partial charge in [0.1, 0.15) is 6.54 Å². The first-order valence-corrected chi connectivity index (χ1v) is 7.09. The minimum atomic E-state index is -0.00646. The first-order valence-electron chi connectivity index (χ1n) is 7.09. The Bertz CT molecular complexity index is 643. The summed E-state index contributed by atoms with van der Waals surface area (Å²) in [7, 11) is 1.76. The van der Waals surface area contributed by atoms with Crippen LogP contribution in [0.2, 0.25) is 0 Å². The highest BCUT2D eigenvalue weighted by Crippen LogP contribution is 2.17. The van der Waals surface area contributed by atoms with Crippen LogP contribution in [0.1, 0.15) is 23.9 Å². The molecule has 0 bridgehead atoms. The van der Waals surface area contributed by atoms with Crippen LogP contribution < -0.4 is 10.6 Å². The lowest BCUT2D eigenvalue weighted by Crippen LogP contribution is -2.30. The number of carbonyl (C=O) groups excluding carboxylic acids is 1. The third-order valence-corrected chi connectivity index (χ3v) is 3.82. The molecule has 0 saturated heterocycles. The average molecular weight is 286 g/mol. The molecule has 0 fully saturated rings. The zero-order valence-electron chi connectivity index (χ0n) is 13.1. The van der Waals surface area contributed by atoms with Gasteiger partial charge in [0.25, 0.3) is 0 Å². The summed E-state index contributed by atoms with van der Waals surface area (Å²) in [5, 5.41) is 4.46. The van der Waals surface area contributed by atoms with Gasteiger partial charge in [0.05, 0.1) is 5.69 Å². The summed E-state index contributed by atoms with van der Waals surface area (Å²) in [6.07, 6.45) is 0.930. The molecule has 1 aromatic heterocycles. The monoisotopic (exact) mass is 286 g/mol. The number of aromatic nitrogens is 2. The van der Waals surface area contributed by atoms with E-state index in [1.165, 1.54) is 5.56 Å². The van der Waals surface area contributed by atoms with Crippen molar-refractivity contribution in [3.8, 4) is 0 Å². The van der Waals surface area contributed by atoms with Crippen molar-refractivity contribution in [1.29, 1.82) is 0 Å². The van der Waals surface area contributed by atoms with Crippen molar-refractivity contribution < 1.29 is 4.79 Å². The second-order valence-corrected chi connectivity index (χ2v) is 5.20. The van der Waals surface area contributed by atoms with E-state index in [1.54, 1.807) is 28.8 Å². The molecule has 2 rings (SSSR count). The molecule has 112 valence electrons. The molecule has 0 atom stereocenters. The molecule has 0 saturated carbocycles. The Hall–Kier alpha value is -2.30. The highest BCUT2D eigenvalue weighted by atomic mass is 16.2. The molecule has 1 amide bonds. The van der Waals surface area contributed by atoms with Crippen molar-refractivity contribution in [2.75, 3.05) is 17.7 Å². The van der Waals surface area contributed by atoms with Gasteiger partial charge in [-0.3, -0.25) is 9.48 Å². The van der Waals surface area contributed by atoms with Crippen molar-refractivity contribution in [2.24, 2.45) is 0 Å². The molecule has 1 heterocycles. The molecule has 0 radical (unpaired) electrons. The summed E-state index contributed by atoms with van der Waals surface area (Å²) in [5.41, 5.74) is 10.5. The predicted molar refractivity (Wildman–Crippen MR) is 85.3 cm³/mol. The van der Waals surface area contributed by atoms with Crippen LogP contribution in [0, 0.1) is 13.8 Å². The zero-order chi connectivity index (χ0) is 15.6. The fourth-order valence-corrected chi connectivity index (χ4v) is 2.48. The number of nitrogens with zero attached hydrogens (tertiary/aromatic N) is 3. The van der Waals surface area contributed by atoms with E-state index >= 15 is 0 Å². The molecule has 0 unspecified atom stereocenters. The van der Waals surface area contributed by atoms with Crippen LogP contribution in [-0.4, -0.2) is 22.7 Å². The molecule has 0 aliphatic rings. The van der Waals surface area contributed by atoms with Crippen LogP contribution in [0.3, 0.4) is 0 Å². The van der Waals surface area contributed by atoms with Gasteiger partial charge in [0, 0.05) is 24.1 Å². The quantitative estimate of drug-likeness (QED) is 0.877. The predicted octanol–water partition coefficient (Wildman–Crippen LogP) is 2.31. The lowest BCUT2D eigenvalue weighted by Gasteiger charge is -2.18. The topological polar surface area (TPSA) is 64.2 Å². The van der Waals surface area contributed by atoms with E-state index in [9.17, 15) is 4.79 Å². The van der Waals surface area contributed by atoms with Gasteiger partial charge in [-0.25, -0.2) is 0 Å². The Balaban J connectivity index is 2.16. The van der Waals surface area contributed by atoms with Crippen molar-refractivity contribution in [1.82, 2.24) is 9.78 Å². The maximum absolute atomic E-state index is 12.4. The van der Waals surface area contributed by atoms with Gasteiger partial charge in [-0.15, -0.1) is 0 Å². The van der Waals surface area contributed by atoms with E-state index < -0.39 is 0 Å². The zero-order valence-corrected chi connectivity index (χ0v) is 13.1. The van der Waals surface area contributed by atoms with Crippen molar-refractivity contribution in [3.05, 3.63) is 41.2 Å². The Morgan fingerprint density at radius 1 is 1.29 bits per heavy atom. The van der Waals surface area contributed by atoms with Crippen LogP contribution >= 0.6 is 0 Å². The van der Waals surface area contributed by atoms with Crippen LogP contribution in [0.4, 0.5) is 11.4 Å². The number of amides is 1. The second kappa shape index (κ2) is 5.99. The van der Waals surface area contributed by atoms with Gasteiger partial charge in [0.15, 0.2) is 0 Å². The summed E-state index contributed by atoms with van der Waals surface area (Å²) in [5.74, 6) is -0.00646. The lowest BCUT2D eigenvalue weighted by atomic mass is 10.1.